The molecule has 108 valence electrons. The van der Waals surface area contributed by atoms with Gasteiger partial charge in [-0.3, -0.25) is 9.78 Å². The number of carbonyl (C=O) groups is 1. The zero-order chi connectivity index (χ0) is 14.5. The van der Waals surface area contributed by atoms with Gasteiger partial charge in [0.05, 0.1) is 0 Å². The summed E-state index contributed by atoms with van der Waals surface area (Å²) >= 11 is 0. The Kier molecular flexibility index (Phi) is 3.86. The number of hydrogen-bond donors (Lipinski definition) is 1. The molecule has 0 atom stereocenters. The van der Waals surface area contributed by atoms with Crippen LogP contribution >= 0.6 is 0 Å². The number of hydrogen-bond acceptors (Lipinski definition) is 5. The Morgan fingerprint density at radius 3 is 3.05 bits per heavy atom. The topological polar surface area (TPSA) is 69.7 Å². The molecule has 2 heterocycles. The van der Waals surface area contributed by atoms with Crippen molar-refractivity contribution >= 4 is 5.91 Å². The maximum absolute atomic E-state index is 11.7. The fraction of sp³-hybridized carbons (Fsp3) is 0.200. The van der Waals surface area contributed by atoms with Crippen LogP contribution in [0.25, 0.3) is 0 Å². The van der Waals surface area contributed by atoms with Gasteiger partial charge in [0, 0.05) is 25.0 Å². The molecule has 0 saturated carbocycles. The Balaban J connectivity index is 1.47. The molecular formula is C15H14N2O4. The van der Waals surface area contributed by atoms with E-state index in [4.69, 9.17) is 14.2 Å². The van der Waals surface area contributed by atoms with Crippen molar-refractivity contribution in [1.29, 1.82) is 0 Å². The predicted octanol–water partition coefficient (Wildman–Crippen LogP) is 1.51. The zero-order valence-electron chi connectivity index (χ0n) is 11.2. The van der Waals surface area contributed by atoms with Gasteiger partial charge in [-0.2, -0.15) is 0 Å². The van der Waals surface area contributed by atoms with E-state index >= 15 is 0 Å². The normalized spacial score (nSPS) is 12.0. The second-order valence-corrected chi connectivity index (χ2v) is 4.44. The molecule has 0 aliphatic carbocycles. The first-order valence-electron chi connectivity index (χ1n) is 6.49. The molecule has 1 aliphatic heterocycles. The zero-order valence-corrected chi connectivity index (χ0v) is 11.2. The van der Waals surface area contributed by atoms with E-state index in [9.17, 15) is 4.79 Å². The lowest BCUT2D eigenvalue weighted by molar-refractivity contribution is -0.123. The summed E-state index contributed by atoms with van der Waals surface area (Å²) in [5, 5.41) is 2.76. The molecule has 3 rings (SSSR count). The average Bonchev–Trinajstić information content (AvgIpc) is 2.99. The maximum Gasteiger partial charge on any atom is 0.258 e. The number of rotatable bonds is 5. The number of nitrogens with zero attached hydrogens (tertiary/aromatic N) is 1. The highest BCUT2D eigenvalue weighted by Crippen LogP contribution is 2.34. The van der Waals surface area contributed by atoms with Crippen molar-refractivity contribution in [1.82, 2.24) is 10.3 Å². The lowest BCUT2D eigenvalue weighted by atomic mass is 10.3. The summed E-state index contributed by atoms with van der Waals surface area (Å²) < 4.78 is 15.9. The highest BCUT2D eigenvalue weighted by Gasteiger charge is 2.14. The Morgan fingerprint density at radius 2 is 2.19 bits per heavy atom. The van der Waals surface area contributed by atoms with E-state index in [0.717, 1.165) is 5.56 Å². The van der Waals surface area contributed by atoms with Crippen LogP contribution in [0, 0.1) is 0 Å². The minimum absolute atomic E-state index is 0.0556. The average molecular weight is 286 g/mol. The molecule has 0 unspecified atom stereocenters. The fourth-order valence-electron chi connectivity index (χ4n) is 1.87. The summed E-state index contributed by atoms with van der Waals surface area (Å²) in [5.74, 6) is 1.68. The van der Waals surface area contributed by atoms with Crippen molar-refractivity contribution in [2.24, 2.45) is 0 Å². The van der Waals surface area contributed by atoms with Crippen LogP contribution in [0.5, 0.6) is 17.2 Å². The van der Waals surface area contributed by atoms with Gasteiger partial charge in [-0.15, -0.1) is 0 Å². The van der Waals surface area contributed by atoms with E-state index in [-0.39, 0.29) is 19.3 Å². The minimum Gasteiger partial charge on any atom is -0.484 e. The summed E-state index contributed by atoms with van der Waals surface area (Å²) in [6.07, 6.45) is 3.40. The maximum atomic E-state index is 11.7. The van der Waals surface area contributed by atoms with Crippen LogP contribution < -0.4 is 19.5 Å². The molecule has 0 bridgehead atoms. The van der Waals surface area contributed by atoms with Gasteiger partial charge in [-0.1, -0.05) is 6.07 Å². The minimum atomic E-state index is -0.198. The number of fused-ring (bicyclic) bond motifs is 1. The fourth-order valence-corrected chi connectivity index (χ4v) is 1.87. The summed E-state index contributed by atoms with van der Waals surface area (Å²) in [6.45, 7) is 0.585. The highest BCUT2D eigenvalue weighted by atomic mass is 16.7. The largest absolute Gasteiger partial charge is 0.484 e. The molecule has 1 aromatic carbocycles. The highest BCUT2D eigenvalue weighted by molar-refractivity contribution is 5.77. The first kappa shape index (κ1) is 13.2. The molecule has 0 fully saturated rings. The van der Waals surface area contributed by atoms with E-state index in [0.29, 0.717) is 23.8 Å². The molecule has 1 aliphatic rings. The number of amides is 1. The van der Waals surface area contributed by atoms with Crippen LogP contribution in [0.2, 0.25) is 0 Å². The molecule has 2 aromatic rings. The summed E-state index contributed by atoms with van der Waals surface area (Å²) in [5.41, 5.74) is 0.939. The van der Waals surface area contributed by atoms with Gasteiger partial charge >= 0.3 is 0 Å². The van der Waals surface area contributed by atoms with Gasteiger partial charge in [0.15, 0.2) is 18.1 Å². The van der Waals surface area contributed by atoms with E-state index in [1.54, 1.807) is 30.6 Å². The Labute approximate surface area is 121 Å². The van der Waals surface area contributed by atoms with Crippen molar-refractivity contribution in [3.8, 4) is 17.2 Å². The second kappa shape index (κ2) is 6.13. The predicted molar refractivity (Wildman–Crippen MR) is 74.1 cm³/mol. The third kappa shape index (κ3) is 3.42. The third-order valence-electron chi connectivity index (χ3n) is 2.93. The summed E-state index contributed by atoms with van der Waals surface area (Å²) in [7, 11) is 0. The van der Waals surface area contributed by atoms with Gasteiger partial charge < -0.3 is 19.5 Å². The molecular weight excluding hydrogens is 272 g/mol. The van der Waals surface area contributed by atoms with Crippen LogP contribution in [0.3, 0.4) is 0 Å². The smallest absolute Gasteiger partial charge is 0.258 e. The van der Waals surface area contributed by atoms with Gasteiger partial charge in [0.2, 0.25) is 6.79 Å². The summed E-state index contributed by atoms with van der Waals surface area (Å²) in [4.78, 5) is 15.7. The Hall–Kier alpha value is -2.76. The van der Waals surface area contributed by atoms with E-state index in [1.807, 2.05) is 12.1 Å². The molecule has 6 heteroatoms. The Morgan fingerprint density at radius 1 is 1.29 bits per heavy atom. The van der Waals surface area contributed by atoms with Gasteiger partial charge in [0.25, 0.3) is 5.91 Å². The van der Waals surface area contributed by atoms with Crippen LogP contribution in [-0.4, -0.2) is 24.3 Å². The lowest BCUT2D eigenvalue weighted by Crippen LogP contribution is -2.28. The molecule has 1 aromatic heterocycles. The quantitative estimate of drug-likeness (QED) is 0.902. The summed E-state index contributed by atoms with van der Waals surface area (Å²) in [6, 6.07) is 8.92. The molecule has 1 amide bonds. The molecule has 21 heavy (non-hydrogen) atoms. The Bertz CT molecular complexity index is 631. The van der Waals surface area contributed by atoms with E-state index in [1.165, 1.54) is 0 Å². The van der Waals surface area contributed by atoms with E-state index < -0.39 is 0 Å². The van der Waals surface area contributed by atoms with Crippen LogP contribution in [0.4, 0.5) is 0 Å². The third-order valence-corrected chi connectivity index (χ3v) is 2.93. The number of pyridine rings is 1. The number of ether oxygens (including phenoxy) is 3. The SMILES string of the molecule is O=C(COc1ccc2c(c1)OCO2)NCc1cccnc1. The van der Waals surface area contributed by atoms with Crippen LogP contribution in [0.1, 0.15) is 5.56 Å². The molecule has 1 N–H and O–H groups in total. The standard InChI is InChI=1S/C15H14N2O4/c18-15(17-8-11-2-1-5-16-7-11)9-19-12-3-4-13-14(6-12)21-10-20-13/h1-7H,8-10H2,(H,17,18). The van der Waals surface area contributed by atoms with Crippen molar-refractivity contribution in [2.75, 3.05) is 13.4 Å². The monoisotopic (exact) mass is 286 g/mol. The van der Waals surface area contributed by atoms with Crippen molar-refractivity contribution in [3.05, 3.63) is 48.3 Å². The lowest BCUT2D eigenvalue weighted by Gasteiger charge is -2.08. The number of nitrogens with one attached hydrogen (secondary N) is 1. The van der Waals surface area contributed by atoms with Crippen LogP contribution in [-0.2, 0) is 11.3 Å². The molecule has 0 radical (unpaired) electrons. The van der Waals surface area contributed by atoms with Crippen LogP contribution in [0.15, 0.2) is 42.7 Å². The number of aromatic nitrogens is 1. The van der Waals surface area contributed by atoms with Crippen molar-refractivity contribution in [3.63, 3.8) is 0 Å². The first-order valence-corrected chi connectivity index (χ1v) is 6.49. The van der Waals surface area contributed by atoms with E-state index in [2.05, 4.69) is 10.3 Å². The molecule has 6 nitrogen and oxygen atoms in total. The molecule has 0 spiro atoms. The van der Waals surface area contributed by atoms with Gasteiger partial charge in [-0.05, 0) is 23.8 Å². The van der Waals surface area contributed by atoms with Gasteiger partial charge in [0.1, 0.15) is 5.75 Å². The van der Waals surface area contributed by atoms with Gasteiger partial charge in [-0.25, -0.2) is 0 Å². The number of benzene rings is 1. The van der Waals surface area contributed by atoms with Crippen molar-refractivity contribution in [2.45, 2.75) is 6.54 Å². The van der Waals surface area contributed by atoms with Crippen molar-refractivity contribution < 1.29 is 19.0 Å². The second-order valence-electron chi connectivity index (χ2n) is 4.44. The number of carbonyl (C=O) groups excluding carboxylic acids is 1. The molecule has 0 saturated heterocycles. The first-order chi connectivity index (χ1) is 10.3.